The van der Waals surface area contributed by atoms with E-state index in [-0.39, 0.29) is 0 Å². The Morgan fingerprint density at radius 3 is 2.86 bits per heavy atom. The fraction of sp³-hybridized carbons (Fsp3) is 0.250. The first-order valence-corrected chi connectivity index (χ1v) is 7.07. The Morgan fingerprint density at radius 1 is 1.27 bits per heavy atom. The van der Waals surface area contributed by atoms with Gasteiger partial charge in [0.05, 0.1) is 25.1 Å². The van der Waals surface area contributed by atoms with Crippen molar-refractivity contribution >= 4 is 5.78 Å². The van der Waals surface area contributed by atoms with Gasteiger partial charge in [-0.05, 0) is 23.8 Å². The third kappa shape index (κ3) is 3.08. The van der Waals surface area contributed by atoms with Crippen LogP contribution in [0, 0.1) is 0 Å². The van der Waals surface area contributed by atoms with Crippen molar-refractivity contribution in [3.05, 3.63) is 60.2 Å². The number of hydrogen-bond donors (Lipinski definition) is 2. The number of aliphatic hydroxyl groups excluding tert-OH is 1. The van der Waals surface area contributed by atoms with Gasteiger partial charge in [0.2, 0.25) is 5.78 Å². The summed E-state index contributed by atoms with van der Waals surface area (Å²) in [5, 5.41) is 13.4. The van der Waals surface area contributed by atoms with Crippen molar-refractivity contribution in [1.82, 2.24) is 19.7 Å². The van der Waals surface area contributed by atoms with E-state index in [1.807, 2.05) is 40.9 Å². The first-order chi connectivity index (χ1) is 10.8. The van der Waals surface area contributed by atoms with E-state index in [0.29, 0.717) is 18.9 Å². The second kappa shape index (κ2) is 6.55. The van der Waals surface area contributed by atoms with E-state index in [2.05, 4.69) is 15.3 Å². The van der Waals surface area contributed by atoms with E-state index in [1.165, 1.54) is 0 Å². The molecule has 3 rings (SSSR count). The molecule has 3 aromatic rings. The highest BCUT2D eigenvalue weighted by molar-refractivity contribution is 5.30. The first-order valence-electron chi connectivity index (χ1n) is 7.07. The smallest absolute Gasteiger partial charge is 0.233 e. The van der Waals surface area contributed by atoms with Crippen LogP contribution in [0.15, 0.2) is 48.9 Å². The third-order valence-corrected chi connectivity index (χ3v) is 3.51. The molecule has 114 valence electrons. The summed E-state index contributed by atoms with van der Waals surface area (Å²) in [5.41, 5.74) is 1.86. The molecule has 0 bridgehead atoms. The number of hydrogen-bond acceptors (Lipinski definition) is 5. The molecule has 22 heavy (non-hydrogen) atoms. The molecule has 0 aliphatic rings. The monoisotopic (exact) mass is 298 g/mol. The van der Waals surface area contributed by atoms with Crippen LogP contribution in [0.5, 0.6) is 5.75 Å². The quantitative estimate of drug-likeness (QED) is 0.722. The van der Waals surface area contributed by atoms with E-state index in [0.717, 1.165) is 17.0 Å². The fourth-order valence-electron chi connectivity index (χ4n) is 2.29. The summed E-state index contributed by atoms with van der Waals surface area (Å²) in [7, 11) is 1.62. The Balaban J connectivity index is 1.58. The lowest BCUT2D eigenvalue weighted by molar-refractivity contribution is 0.174. The number of aliphatic hydroxyl groups is 1. The fourth-order valence-corrected chi connectivity index (χ4v) is 2.29. The van der Waals surface area contributed by atoms with Crippen molar-refractivity contribution in [2.24, 2.45) is 0 Å². The van der Waals surface area contributed by atoms with Gasteiger partial charge in [-0.3, -0.25) is 4.40 Å². The highest BCUT2D eigenvalue weighted by Crippen LogP contribution is 2.17. The number of aromatic nitrogens is 3. The molecule has 0 aliphatic carbocycles. The van der Waals surface area contributed by atoms with Crippen LogP contribution < -0.4 is 10.1 Å². The molecule has 6 nitrogen and oxygen atoms in total. The number of nitrogens with zero attached hydrogens (tertiary/aromatic N) is 3. The van der Waals surface area contributed by atoms with Crippen molar-refractivity contribution in [1.29, 1.82) is 0 Å². The number of rotatable bonds is 6. The maximum Gasteiger partial charge on any atom is 0.233 e. The van der Waals surface area contributed by atoms with Gasteiger partial charge in [0, 0.05) is 25.5 Å². The number of nitrogens with one attached hydrogen (secondary N) is 1. The maximum atomic E-state index is 10.2. The van der Waals surface area contributed by atoms with Gasteiger partial charge >= 0.3 is 0 Å². The van der Waals surface area contributed by atoms with Crippen molar-refractivity contribution in [3.8, 4) is 5.75 Å². The van der Waals surface area contributed by atoms with E-state index in [1.54, 1.807) is 19.5 Å². The van der Waals surface area contributed by atoms with Crippen LogP contribution in [-0.4, -0.2) is 33.1 Å². The van der Waals surface area contributed by atoms with Crippen LogP contribution in [0.4, 0.5) is 0 Å². The first kappa shape index (κ1) is 14.5. The standard InChI is InChI=1S/C16H18N4O2/c1-22-14-5-3-12(4-6-14)15(21)11-17-9-13-10-19-16-18-7-2-8-20(13)16/h2-8,10,15,17,21H,9,11H2,1H3. The minimum absolute atomic E-state index is 0.458. The predicted molar refractivity (Wildman–Crippen MR) is 82.6 cm³/mol. The van der Waals surface area contributed by atoms with E-state index in [4.69, 9.17) is 4.74 Å². The Bertz CT molecular complexity index is 739. The Morgan fingerprint density at radius 2 is 2.09 bits per heavy atom. The molecule has 1 atom stereocenters. The summed E-state index contributed by atoms with van der Waals surface area (Å²) in [6, 6.07) is 9.28. The molecule has 1 aromatic carbocycles. The van der Waals surface area contributed by atoms with Gasteiger partial charge in [0.15, 0.2) is 0 Å². The zero-order valence-corrected chi connectivity index (χ0v) is 12.3. The molecule has 0 aliphatic heterocycles. The normalized spacial score (nSPS) is 12.5. The summed E-state index contributed by atoms with van der Waals surface area (Å²) in [6.45, 7) is 1.07. The molecule has 0 radical (unpaired) electrons. The van der Waals surface area contributed by atoms with Crippen molar-refractivity contribution in [2.75, 3.05) is 13.7 Å². The zero-order chi connectivity index (χ0) is 15.4. The lowest BCUT2D eigenvalue weighted by Gasteiger charge is -2.12. The van der Waals surface area contributed by atoms with Crippen molar-refractivity contribution < 1.29 is 9.84 Å². The summed E-state index contributed by atoms with van der Waals surface area (Å²) in [5.74, 6) is 1.46. The summed E-state index contributed by atoms with van der Waals surface area (Å²) < 4.78 is 7.03. The summed E-state index contributed by atoms with van der Waals surface area (Å²) in [6.07, 6.45) is 4.86. The number of benzene rings is 1. The molecule has 0 fully saturated rings. The van der Waals surface area contributed by atoms with Crippen LogP contribution in [-0.2, 0) is 6.54 Å². The number of ether oxygens (including phenoxy) is 1. The van der Waals surface area contributed by atoms with Crippen LogP contribution in [0.25, 0.3) is 5.78 Å². The SMILES string of the molecule is COc1ccc(C(O)CNCc2cnc3ncccn23)cc1. The zero-order valence-electron chi connectivity index (χ0n) is 12.3. The molecule has 0 spiro atoms. The van der Waals surface area contributed by atoms with Gasteiger partial charge in [-0.15, -0.1) is 0 Å². The van der Waals surface area contributed by atoms with Crippen molar-refractivity contribution in [3.63, 3.8) is 0 Å². The minimum Gasteiger partial charge on any atom is -0.497 e. The van der Waals surface area contributed by atoms with E-state index >= 15 is 0 Å². The Kier molecular flexibility index (Phi) is 4.32. The lowest BCUT2D eigenvalue weighted by Crippen LogP contribution is -2.21. The molecule has 0 amide bonds. The number of imidazole rings is 1. The minimum atomic E-state index is -0.566. The van der Waals surface area contributed by atoms with E-state index in [9.17, 15) is 5.11 Å². The number of methoxy groups -OCH3 is 1. The molecule has 0 saturated heterocycles. The largest absolute Gasteiger partial charge is 0.497 e. The van der Waals surface area contributed by atoms with Crippen LogP contribution in [0.3, 0.4) is 0 Å². The molecule has 2 N–H and O–H groups in total. The Hall–Kier alpha value is -2.44. The van der Waals surface area contributed by atoms with Gasteiger partial charge in [-0.1, -0.05) is 12.1 Å². The van der Waals surface area contributed by atoms with Crippen LogP contribution >= 0.6 is 0 Å². The van der Waals surface area contributed by atoms with Gasteiger partial charge in [0.25, 0.3) is 0 Å². The summed E-state index contributed by atoms with van der Waals surface area (Å²) in [4.78, 5) is 8.40. The van der Waals surface area contributed by atoms with Gasteiger partial charge in [-0.2, -0.15) is 0 Å². The van der Waals surface area contributed by atoms with Crippen molar-refractivity contribution in [2.45, 2.75) is 12.6 Å². The van der Waals surface area contributed by atoms with Crippen LogP contribution in [0.1, 0.15) is 17.4 Å². The van der Waals surface area contributed by atoms with Crippen LogP contribution in [0.2, 0.25) is 0 Å². The molecule has 0 saturated carbocycles. The highest BCUT2D eigenvalue weighted by Gasteiger charge is 2.08. The lowest BCUT2D eigenvalue weighted by atomic mass is 10.1. The average molecular weight is 298 g/mol. The second-order valence-electron chi connectivity index (χ2n) is 4.96. The topological polar surface area (TPSA) is 71.7 Å². The third-order valence-electron chi connectivity index (χ3n) is 3.51. The molecular formula is C16H18N4O2. The average Bonchev–Trinajstić information content (AvgIpc) is 2.98. The highest BCUT2D eigenvalue weighted by atomic mass is 16.5. The van der Waals surface area contributed by atoms with Gasteiger partial charge in [-0.25, -0.2) is 9.97 Å². The molecular weight excluding hydrogens is 280 g/mol. The molecule has 2 heterocycles. The Labute approximate surface area is 128 Å². The molecule has 1 unspecified atom stereocenters. The maximum absolute atomic E-state index is 10.2. The molecule has 6 heteroatoms. The number of fused-ring (bicyclic) bond motifs is 1. The van der Waals surface area contributed by atoms with Gasteiger partial charge < -0.3 is 15.2 Å². The predicted octanol–water partition coefficient (Wildman–Crippen LogP) is 1.56. The van der Waals surface area contributed by atoms with E-state index < -0.39 is 6.10 Å². The molecule has 2 aromatic heterocycles. The summed E-state index contributed by atoms with van der Waals surface area (Å²) >= 11 is 0. The van der Waals surface area contributed by atoms with Gasteiger partial charge in [0.1, 0.15) is 5.75 Å². The second-order valence-corrected chi connectivity index (χ2v) is 4.96.